The zero-order valence-corrected chi connectivity index (χ0v) is 10.8. The topological polar surface area (TPSA) is 78.6 Å². The van der Waals surface area contributed by atoms with E-state index in [1.54, 1.807) is 6.92 Å². The molecule has 96 valence electrons. The van der Waals surface area contributed by atoms with Gasteiger partial charge in [-0.25, -0.2) is 0 Å². The molecule has 0 aliphatic rings. The first-order chi connectivity index (χ1) is 7.26. The van der Waals surface area contributed by atoms with E-state index in [1.807, 2.05) is 25.9 Å². The molecule has 0 aliphatic heterocycles. The van der Waals surface area contributed by atoms with Crippen molar-refractivity contribution in [1.29, 1.82) is 0 Å². The van der Waals surface area contributed by atoms with Crippen LogP contribution in [0.1, 0.15) is 20.3 Å². The SMILES string of the molecule is CC(CN)CC(=O)NCC(C)(O)CN(C)C. The fourth-order valence-electron chi connectivity index (χ4n) is 1.50. The molecular formula is C11H25N3O2. The van der Waals surface area contributed by atoms with E-state index in [0.717, 1.165) is 0 Å². The molecule has 5 nitrogen and oxygen atoms in total. The van der Waals surface area contributed by atoms with Gasteiger partial charge >= 0.3 is 0 Å². The van der Waals surface area contributed by atoms with Gasteiger partial charge in [-0.15, -0.1) is 0 Å². The van der Waals surface area contributed by atoms with Gasteiger partial charge in [0.25, 0.3) is 0 Å². The van der Waals surface area contributed by atoms with Crippen LogP contribution in [-0.4, -0.2) is 55.2 Å². The molecule has 0 aliphatic carbocycles. The Bertz CT molecular complexity index is 217. The largest absolute Gasteiger partial charge is 0.387 e. The minimum Gasteiger partial charge on any atom is -0.387 e. The average molecular weight is 231 g/mol. The molecule has 1 amide bonds. The molecule has 0 bridgehead atoms. The van der Waals surface area contributed by atoms with Gasteiger partial charge in [-0.2, -0.15) is 0 Å². The van der Waals surface area contributed by atoms with Gasteiger partial charge in [-0.1, -0.05) is 6.92 Å². The molecule has 4 N–H and O–H groups in total. The lowest BCUT2D eigenvalue weighted by Crippen LogP contribution is -2.47. The van der Waals surface area contributed by atoms with Crippen LogP contribution >= 0.6 is 0 Å². The van der Waals surface area contributed by atoms with E-state index in [2.05, 4.69) is 5.32 Å². The van der Waals surface area contributed by atoms with Gasteiger partial charge in [0.15, 0.2) is 0 Å². The molecule has 0 aromatic rings. The van der Waals surface area contributed by atoms with E-state index >= 15 is 0 Å². The van der Waals surface area contributed by atoms with Crippen LogP contribution in [0.15, 0.2) is 0 Å². The summed E-state index contributed by atoms with van der Waals surface area (Å²) in [6.45, 7) is 4.92. The van der Waals surface area contributed by atoms with Crippen LogP contribution in [0.3, 0.4) is 0 Å². The highest BCUT2D eigenvalue weighted by atomic mass is 16.3. The number of carbonyl (C=O) groups excluding carboxylic acids is 1. The second-order valence-corrected chi connectivity index (χ2v) is 5.06. The average Bonchev–Trinajstić information content (AvgIpc) is 2.13. The number of hydrogen-bond acceptors (Lipinski definition) is 4. The molecule has 2 atom stereocenters. The fraction of sp³-hybridized carbons (Fsp3) is 0.909. The van der Waals surface area contributed by atoms with Crippen LogP contribution in [0, 0.1) is 5.92 Å². The van der Waals surface area contributed by atoms with Crippen LogP contribution in [0.25, 0.3) is 0 Å². The van der Waals surface area contributed by atoms with E-state index < -0.39 is 5.60 Å². The molecule has 2 unspecified atom stereocenters. The molecule has 0 spiro atoms. The van der Waals surface area contributed by atoms with Gasteiger partial charge in [0.05, 0.1) is 5.60 Å². The lowest BCUT2D eigenvalue weighted by Gasteiger charge is -2.27. The number of nitrogens with zero attached hydrogens (tertiary/aromatic N) is 1. The van der Waals surface area contributed by atoms with Gasteiger partial charge in [-0.05, 0) is 33.5 Å². The number of aliphatic hydroxyl groups is 1. The van der Waals surface area contributed by atoms with Crippen LogP contribution in [0.5, 0.6) is 0 Å². The van der Waals surface area contributed by atoms with E-state index in [1.165, 1.54) is 0 Å². The highest BCUT2D eigenvalue weighted by Crippen LogP contribution is 2.04. The van der Waals surface area contributed by atoms with Crippen molar-refractivity contribution in [3.63, 3.8) is 0 Å². The first-order valence-electron chi connectivity index (χ1n) is 5.60. The van der Waals surface area contributed by atoms with Crippen molar-refractivity contribution in [2.45, 2.75) is 25.9 Å². The quantitative estimate of drug-likeness (QED) is 0.547. The Morgan fingerprint density at radius 1 is 1.56 bits per heavy atom. The summed E-state index contributed by atoms with van der Waals surface area (Å²) in [7, 11) is 3.76. The fourth-order valence-corrected chi connectivity index (χ4v) is 1.50. The summed E-state index contributed by atoms with van der Waals surface area (Å²) in [4.78, 5) is 13.3. The molecule has 0 heterocycles. The smallest absolute Gasteiger partial charge is 0.220 e. The van der Waals surface area contributed by atoms with Crippen molar-refractivity contribution in [3.05, 3.63) is 0 Å². The Labute approximate surface area is 98.0 Å². The van der Waals surface area contributed by atoms with Gasteiger partial charge in [-0.3, -0.25) is 4.79 Å². The molecular weight excluding hydrogens is 206 g/mol. The molecule has 0 saturated heterocycles. The highest BCUT2D eigenvalue weighted by Gasteiger charge is 2.22. The summed E-state index contributed by atoms with van der Waals surface area (Å²) in [5.74, 6) is 0.121. The van der Waals surface area contributed by atoms with Crippen molar-refractivity contribution in [3.8, 4) is 0 Å². The number of hydrogen-bond donors (Lipinski definition) is 3. The molecule has 0 radical (unpaired) electrons. The summed E-state index contributed by atoms with van der Waals surface area (Å²) in [6.07, 6.45) is 0.411. The Balaban J connectivity index is 3.90. The van der Waals surface area contributed by atoms with Crippen molar-refractivity contribution < 1.29 is 9.90 Å². The minimum atomic E-state index is -0.898. The maximum absolute atomic E-state index is 11.5. The normalized spacial score (nSPS) is 16.9. The highest BCUT2D eigenvalue weighted by molar-refractivity contribution is 5.76. The molecule has 0 rings (SSSR count). The number of amides is 1. The summed E-state index contributed by atoms with van der Waals surface area (Å²) in [5.41, 5.74) is 4.53. The van der Waals surface area contributed by atoms with Crippen molar-refractivity contribution in [1.82, 2.24) is 10.2 Å². The second kappa shape index (κ2) is 6.83. The molecule has 16 heavy (non-hydrogen) atoms. The van der Waals surface area contributed by atoms with Gasteiger partial charge in [0.2, 0.25) is 5.91 Å². The molecule has 0 saturated carbocycles. The summed E-state index contributed by atoms with van der Waals surface area (Å²) in [5, 5.41) is 12.7. The third kappa shape index (κ3) is 7.62. The summed E-state index contributed by atoms with van der Waals surface area (Å²) < 4.78 is 0. The minimum absolute atomic E-state index is 0.0584. The Kier molecular flexibility index (Phi) is 6.55. The number of carbonyl (C=O) groups is 1. The van der Waals surface area contributed by atoms with Crippen LogP contribution in [0.4, 0.5) is 0 Å². The van der Waals surface area contributed by atoms with E-state index in [4.69, 9.17) is 5.73 Å². The molecule has 0 fully saturated rings. The Morgan fingerprint density at radius 2 is 2.12 bits per heavy atom. The summed E-state index contributed by atoms with van der Waals surface area (Å²) in [6, 6.07) is 0. The van der Waals surface area contributed by atoms with Crippen LogP contribution in [-0.2, 0) is 4.79 Å². The third-order valence-electron chi connectivity index (χ3n) is 2.26. The first-order valence-corrected chi connectivity index (χ1v) is 5.60. The molecule has 0 aromatic heterocycles. The predicted molar refractivity (Wildman–Crippen MR) is 65.0 cm³/mol. The van der Waals surface area contributed by atoms with E-state index in [0.29, 0.717) is 19.5 Å². The monoisotopic (exact) mass is 231 g/mol. The van der Waals surface area contributed by atoms with Crippen molar-refractivity contribution in [2.75, 3.05) is 33.7 Å². The van der Waals surface area contributed by atoms with Gasteiger partial charge in [0, 0.05) is 19.5 Å². The Hall–Kier alpha value is -0.650. The lowest BCUT2D eigenvalue weighted by molar-refractivity contribution is -0.123. The predicted octanol–water partition coefficient (Wildman–Crippen LogP) is -0.600. The molecule has 5 heteroatoms. The lowest BCUT2D eigenvalue weighted by atomic mass is 10.1. The maximum atomic E-state index is 11.5. The number of likely N-dealkylation sites (N-methyl/N-ethyl adjacent to an activating group) is 1. The second-order valence-electron chi connectivity index (χ2n) is 5.06. The first kappa shape index (κ1) is 15.3. The van der Waals surface area contributed by atoms with Crippen LogP contribution < -0.4 is 11.1 Å². The van der Waals surface area contributed by atoms with Gasteiger partial charge in [0.1, 0.15) is 0 Å². The zero-order valence-electron chi connectivity index (χ0n) is 10.8. The third-order valence-corrected chi connectivity index (χ3v) is 2.26. The standard InChI is InChI=1S/C11H25N3O2/c1-9(6-12)5-10(15)13-7-11(2,16)8-14(3)4/h9,16H,5-8,12H2,1-4H3,(H,13,15). The number of nitrogens with two attached hydrogens (primary N) is 1. The van der Waals surface area contributed by atoms with Crippen molar-refractivity contribution >= 4 is 5.91 Å². The summed E-state index contributed by atoms with van der Waals surface area (Å²) >= 11 is 0. The Morgan fingerprint density at radius 3 is 2.56 bits per heavy atom. The zero-order chi connectivity index (χ0) is 12.8. The number of nitrogens with one attached hydrogen (secondary N) is 1. The van der Waals surface area contributed by atoms with E-state index in [-0.39, 0.29) is 18.4 Å². The number of rotatable bonds is 7. The van der Waals surface area contributed by atoms with E-state index in [9.17, 15) is 9.90 Å². The van der Waals surface area contributed by atoms with Crippen molar-refractivity contribution in [2.24, 2.45) is 11.7 Å². The van der Waals surface area contributed by atoms with Gasteiger partial charge < -0.3 is 21.1 Å². The van der Waals surface area contributed by atoms with Crippen LogP contribution in [0.2, 0.25) is 0 Å². The molecule has 0 aromatic carbocycles. The maximum Gasteiger partial charge on any atom is 0.220 e.